The molecule has 0 spiro atoms. The Balaban J connectivity index is 1.56. The molecular weight excluding hydrogens is 399 g/mol. The van der Waals surface area contributed by atoms with Crippen molar-refractivity contribution in [2.45, 2.75) is 32.0 Å². The second-order valence-electron chi connectivity index (χ2n) is 7.28. The Kier molecular flexibility index (Phi) is 5.44. The van der Waals surface area contributed by atoms with Crippen LogP contribution in [0.1, 0.15) is 25.3 Å². The van der Waals surface area contributed by atoms with E-state index in [1.54, 1.807) is 28.0 Å². The first-order valence-corrected chi connectivity index (χ1v) is 9.86. The number of hydrogen-bond donors (Lipinski definition) is 0. The van der Waals surface area contributed by atoms with Crippen molar-refractivity contribution in [2.24, 2.45) is 0 Å². The number of carbonyl (C=O) groups excluding carboxylic acids is 1. The molecule has 6 nitrogen and oxygen atoms in total. The standard InChI is InChI=1S/C21H22F3N3O3/c1-2-20(28)26-6-5-17(13-26)30-16-3-4-19-18(10-16)27(7-8-29-19)15-9-14(11-25-12-15)21(22,23)24/h3-4,9-12,17H,2,5-8,13H2,1H3. The zero-order valence-corrected chi connectivity index (χ0v) is 16.5. The van der Waals surface area contributed by atoms with Crippen LogP contribution in [0.25, 0.3) is 0 Å². The van der Waals surface area contributed by atoms with Gasteiger partial charge in [-0.1, -0.05) is 6.92 Å². The third-order valence-corrected chi connectivity index (χ3v) is 5.26. The minimum Gasteiger partial charge on any atom is -0.490 e. The first kappa shape index (κ1) is 20.3. The number of likely N-dealkylation sites (tertiary alicyclic amines) is 1. The summed E-state index contributed by atoms with van der Waals surface area (Å²) in [5.74, 6) is 1.25. The van der Waals surface area contributed by atoms with Gasteiger partial charge < -0.3 is 19.3 Å². The quantitative estimate of drug-likeness (QED) is 0.747. The number of rotatable bonds is 4. The van der Waals surface area contributed by atoms with Crippen molar-refractivity contribution in [1.29, 1.82) is 0 Å². The fourth-order valence-corrected chi connectivity index (χ4v) is 3.74. The number of ether oxygens (including phenoxy) is 2. The zero-order chi connectivity index (χ0) is 21.3. The molecule has 4 rings (SSSR count). The lowest BCUT2D eigenvalue weighted by atomic mass is 10.2. The van der Waals surface area contributed by atoms with Crippen molar-refractivity contribution in [3.63, 3.8) is 0 Å². The number of amides is 1. The molecule has 30 heavy (non-hydrogen) atoms. The van der Waals surface area contributed by atoms with Gasteiger partial charge in [-0.2, -0.15) is 13.2 Å². The summed E-state index contributed by atoms with van der Waals surface area (Å²) in [5, 5.41) is 0. The Bertz CT molecular complexity index is 935. The van der Waals surface area contributed by atoms with E-state index in [-0.39, 0.29) is 12.0 Å². The minimum absolute atomic E-state index is 0.100. The number of aromatic nitrogens is 1. The normalized spacial score (nSPS) is 18.7. The summed E-state index contributed by atoms with van der Waals surface area (Å²) < 4.78 is 51.0. The SMILES string of the molecule is CCC(=O)N1CCC(Oc2ccc3c(c2)N(c2cncc(C(F)(F)F)c2)CCO3)C1. The number of anilines is 2. The van der Waals surface area contributed by atoms with Gasteiger partial charge in [0.05, 0.1) is 36.2 Å². The largest absolute Gasteiger partial charge is 0.490 e. The van der Waals surface area contributed by atoms with Crippen LogP contribution in [0.5, 0.6) is 11.5 Å². The lowest BCUT2D eigenvalue weighted by Crippen LogP contribution is -2.30. The molecule has 1 aromatic heterocycles. The van der Waals surface area contributed by atoms with Gasteiger partial charge in [-0.25, -0.2) is 0 Å². The van der Waals surface area contributed by atoms with Gasteiger partial charge in [0.2, 0.25) is 5.91 Å². The van der Waals surface area contributed by atoms with E-state index < -0.39 is 11.7 Å². The Morgan fingerprint density at radius 2 is 2.10 bits per heavy atom. The summed E-state index contributed by atoms with van der Waals surface area (Å²) in [7, 11) is 0. The molecule has 1 aromatic carbocycles. The molecule has 1 unspecified atom stereocenters. The fourth-order valence-electron chi connectivity index (χ4n) is 3.74. The molecule has 2 aliphatic rings. The molecule has 1 fully saturated rings. The van der Waals surface area contributed by atoms with Crippen LogP contribution in [0.15, 0.2) is 36.7 Å². The molecule has 0 radical (unpaired) electrons. The second-order valence-corrected chi connectivity index (χ2v) is 7.28. The Hall–Kier alpha value is -2.97. The van der Waals surface area contributed by atoms with Crippen LogP contribution < -0.4 is 14.4 Å². The van der Waals surface area contributed by atoms with Crippen LogP contribution >= 0.6 is 0 Å². The van der Waals surface area contributed by atoms with Crippen LogP contribution in [0.2, 0.25) is 0 Å². The average Bonchev–Trinajstić information content (AvgIpc) is 3.20. The van der Waals surface area contributed by atoms with E-state index in [0.29, 0.717) is 55.5 Å². The van der Waals surface area contributed by atoms with Crippen LogP contribution in [-0.2, 0) is 11.0 Å². The molecular formula is C21H22F3N3O3. The number of pyridine rings is 1. The number of alkyl halides is 3. The smallest absolute Gasteiger partial charge is 0.417 e. The number of nitrogens with zero attached hydrogens (tertiary/aromatic N) is 3. The van der Waals surface area contributed by atoms with E-state index in [9.17, 15) is 18.0 Å². The third-order valence-electron chi connectivity index (χ3n) is 5.26. The molecule has 0 N–H and O–H groups in total. The lowest BCUT2D eigenvalue weighted by Gasteiger charge is -2.32. The maximum Gasteiger partial charge on any atom is 0.417 e. The average molecular weight is 421 g/mol. The summed E-state index contributed by atoms with van der Waals surface area (Å²) in [6.45, 7) is 3.76. The van der Waals surface area contributed by atoms with Gasteiger partial charge in [-0.15, -0.1) is 0 Å². The van der Waals surface area contributed by atoms with E-state index in [4.69, 9.17) is 9.47 Å². The molecule has 160 valence electrons. The van der Waals surface area contributed by atoms with Gasteiger partial charge in [0.25, 0.3) is 0 Å². The summed E-state index contributed by atoms with van der Waals surface area (Å²) in [5.41, 5.74) is 0.165. The monoisotopic (exact) mass is 421 g/mol. The summed E-state index contributed by atoms with van der Waals surface area (Å²) in [6, 6.07) is 6.37. The molecule has 9 heteroatoms. The number of carbonyl (C=O) groups is 1. The molecule has 0 saturated carbocycles. The van der Waals surface area contributed by atoms with Crippen LogP contribution in [-0.4, -0.2) is 48.1 Å². The molecule has 1 amide bonds. The van der Waals surface area contributed by atoms with Crippen molar-refractivity contribution < 1.29 is 27.4 Å². The topological polar surface area (TPSA) is 54.9 Å². The predicted octanol–water partition coefficient (Wildman–Crippen LogP) is 4.02. The maximum absolute atomic E-state index is 13.1. The highest BCUT2D eigenvalue weighted by Gasteiger charge is 2.32. The van der Waals surface area contributed by atoms with Gasteiger partial charge in [0, 0.05) is 31.6 Å². The Morgan fingerprint density at radius 1 is 1.27 bits per heavy atom. The molecule has 0 bridgehead atoms. The molecule has 2 aromatic rings. The highest BCUT2D eigenvalue weighted by molar-refractivity contribution is 5.76. The van der Waals surface area contributed by atoms with Gasteiger partial charge in [-0.3, -0.25) is 9.78 Å². The molecule has 0 aliphatic carbocycles. The van der Waals surface area contributed by atoms with Gasteiger partial charge in [-0.05, 0) is 18.2 Å². The first-order valence-electron chi connectivity index (χ1n) is 9.86. The van der Waals surface area contributed by atoms with E-state index >= 15 is 0 Å². The van der Waals surface area contributed by atoms with Crippen molar-refractivity contribution in [2.75, 3.05) is 31.1 Å². The van der Waals surface area contributed by atoms with Crippen molar-refractivity contribution >= 4 is 17.3 Å². The molecule has 1 atom stereocenters. The number of benzene rings is 1. The minimum atomic E-state index is -4.46. The first-order chi connectivity index (χ1) is 14.3. The number of halogens is 3. The van der Waals surface area contributed by atoms with Crippen LogP contribution in [0.3, 0.4) is 0 Å². The summed E-state index contributed by atoms with van der Waals surface area (Å²) in [4.78, 5) is 19.2. The molecule has 1 saturated heterocycles. The van der Waals surface area contributed by atoms with E-state index in [1.165, 1.54) is 6.20 Å². The second kappa shape index (κ2) is 8.04. The van der Waals surface area contributed by atoms with Gasteiger partial charge >= 0.3 is 6.18 Å². The van der Waals surface area contributed by atoms with Crippen molar-refractivity contribution in [1.82, 2.24) is 9.88 Å². The van der Waals surface area contributed by atoms with Crippen LogP contribution in [0.4, 0.5) is 24.5 Å². The molecule has 2 aliphatic heterocycles. The summed E-state index contributed by atoms with van der Waals surface area (Å²) >= 11 is 0. The van der Waals surface area contributed by atoms with Crippen molar-refractivity contribution in [3.8, 4) is 11.5 Å². The third kappa shape index (κ3) is 4.15. The number of hydrogen-bond acceptors (Lipinski definition) is 5. The van der Waals surface area contributed by atoms with Gasteiger partial charge in [0.15, 0.2) is 0 Å². The lowest BCUT2D eigenvalue weighted by molar-refractivity contribution is -0.137. The summed E-state index contributed by atoms with van der Waals surface area (Å²) in [6.07, 6.45) is -1.17. The molecule has 3 heterocycles. The van der Waals surface area contributed by atoms with Crippen LogP contribution in [0, 0.1) is 0 Å². The highest BCUT2D eigenvalue weighted by atomic mass is 19.4. The number of fused-ring (bicyclic) bond motifs is 1. The predicted molar refractivity (Wildman–Crippen MR) is 104 cm³/mol. The van der Waals surface area contributed by atoms with Crippen molar-refractivity contribution in [3.05, 3.63) is 42.2 Å². The zero-order valence-electron chi connectivity index (χ0n) is 16.5. The highest BCUT2D eigenvalue weighted by Crippen LogP contribution is 2.40. The van der Waals surface area contributed by atoms with Gasteiger partial charge in [0.1, 0.15) is 24.2 Å². The van der Waals surface area contributed by atoms with E-state index in [1.807, 2.05) is 6.92 Å². The Morgan fingerprint density at radius 3 is 2.87 bits per heavy atom. The maximum atomic E-state index is 13.1. The Labute approximate surface area is 172 Å². The van der Waals surface area contributed by atoms with E-state index in [2.05, 4.69) is 4.98 Å². The van der Waals surface area contributed by atoms with E-state index in [0.717, 1.165) is 18.7 Å². The fraction of sp³-hybridized carbons (Fsp3) is 0.429.